The maximum Gasteiger partial charge on any atom is 0.115 e. The number of phenolic OH excluding ortho intramolecular Hbond substituents is 1. The molecule has 0 saturated carbocycles. The zero-order valence-electron chi connectivity index (χ0n) is 14.0. The van der Waals surface area contributed by atoms with E-state index in [-0.39, 0.29) is 0 Å². The van der Waals surface area contributed by atoms with E-state index in [1.807, 2.05) is 19.2 Å². The number of nitrogens with zero attached hydrogens (tertiary/aromatic N) is 2. The molecule has 1 atom stereocenters. The van der Waals surface area contributed by atoms with Crippen molar-refractivity contribution < 1.29 is 5.11 Å². The molecule has 0 radical (unpaired) electrons. The van der Waals surface area contributed by atoms with E-state index in [0.717, 1.165) is 17.8 Å². The highest BCUT2D eigenvalue weighted by Crippen LogP contribution is 2.25. The van der Waals surface area contributed by atoms with Crippen molar-refractivity contribution in [3.63, 3.8) is 0 Å². The molecule has 1 N–H and O–H groups in total. The van der Waals surface area contributed by atoms with E-state index in [9.17, 15) is 5.11 Å². The molecule has 118 valence electrons. The first-order chi connectivity index (χ1) is 10.5. The summed E-state index contributed by atoms with van der Waals surface area (Å²) in [6.07, 6.45) is 2.27. The van der Waals surface area contributed by atoms with Crippen LogP contribution in [0.25, 0.3) is 0 Å². The fourth-order valence-electron chi connectivity index (χ4n) is 2.35. The van der Waals surface area contributed by atoms with Crippen molar-refractivity contribution in [2.24, 2.45) is 0 Å². The van der Waals surface area contributed by atoms with Crippen LogP contribution in [-0.4, -0.2) is 37.2 Å². The summed E-state index contributed by atoms with van der Waals surface area (Å²) in [7, 11) is 6.29. The second kappa shape index (κ2) is 7.32. The van der Waals surface area contributed by atoms with Crippen LogP contribution in [0.5, 0.6) is 5.75 Å². The maximum atomic E-state index is 9.37. The van der Waals surface area contributed by atoms with Crippen LogP contribution in [0, 0.1) is 0 Å². The number of aromatic hydroxyl groups is 1. The van der Waals surface area contributed by atoms with Gasteiger partial charge in [-0.05, 0) is 75.8 Å². The number of hydrogen-bond donors (Lipinski definition) is 1. The third kappa shape index (κ3) is 4.25. The Morgan fingerprint density at radius 3 is 1.86 bits per heavy atom. The van der Waals surface area contributed by atoms with Gasteiger partial charge in [0.25, 0.3) is 0 Å². The Labute approximate surface area is 133 Å². The van der Waals surface area contributed by atoms with E-state index in [0.29, 0.717) is 11.8 Å². The van der Waals surface area contributed by atoms with Crippen molar-refractivity contribution in [2.75, 3.05) is 26.0 Å². The smallest absolute Gasteiger partial charge is 0.115 e. The van der Waals surface area contributed by atoms with E-state index in [2.05, 4.69) is 55.1 Å². The SMILES string of the molecule is CC(CCc1ccc(N(C)c2ccc(O)cc2)cc1)N(C)C. The zero-order valence-corrected chi connectivity index (χ0v) is 14.0. The number of rotatable bonds is 6. The monoisotopic (exact) mass is 298 g/mol. The molecule has 0 bridgehead atoms. The second-order valence-corrected chi connectivity index (χ2v) is 6.09. The van der Waals surface area contributed by atoms with Crippen LogP contribution in [0.2, 0.25) is 0 Å². The quantitative estimate of drug-likeness (QED) is 0.872. The fraction of sp³-hybridized carbons (Fsp3) is 0.368. The summed E-state index contributed by atoms with van der Waals surface area (Å²) in [5, 5.41) is 9.37. The minimum Gasteiger partial charge on any atom is -0.508 e. The Morgan fingerprint density at radius 2 is 1.36 bits per heavy atom. The lowest BCUT2D eigenvalue weighted by Gasteiger charge is -2.21. The van der Waals surface area contributed by atoms with E-state index in [1.54, 1.807) is 12.1 Å². The van der Waals surface area contributed by atoms with Crippen LogP contribution < -0.4 is 4.90 Å². The second-order valence-electron chi connectivity index (χ2n) is 6.09. The summed E-state index contributed by atoms with van der Waals surface area (Å²) >= 11 is 0. The van der Waals surface area contributed by atoms with Gasteiger partial charge in [0.1, 0.15) is 5.75 Å². The Kier molecular flexibility index (Phi) is 5.45. The lowest BCUT2D eigenvalue weighted by atomic mass is 10.1. The summed E-state index contributed by atoms with van der Waals surface area (Å²) in [5.41, 5.74) is 3.58. The van der Waals surface area contributed by atoms with Crippen molar-refractivity contribution >= 4 is 11.4 Å². The molecule has 2 rings (SSSR count). The molecule has 3 nitrogen and oxygen atoms in total. The molecule has 0 heterocycles. The van der Waals surface area contributed by atoms with Gasteiger partial charge in [0.15, 0.2) is 0 Å². The molecule has 2 aromatic rings. The van der Waals surface area contributed by atoms with E-state index < -0.39 is 0 Å². The predicted molar refractivity (Wildman–Crippen MR) is 94.1 cm³/mol. The molecular weight excluding hydrogens is 272 g/mol. The summed E-state index contributed by atoms with van der Waals surface area (Å²) in [4.78, 5) is 4.37. The molecule has 0 fully saturated rings. The molecule has 0 amide bonds. The molecular formula is C19H26N2O. The van der Waals surface area contributed by atoms with Crippen LogP contribution in [0.3, 0.4) is 0 Å². The van der Waals surface area contributed by atoms with Crippen molar-refractivity contribution in [1.82, 2.24) is 4.90 Å². The molecule has 0 spiro atoms. The third-order valence-corrected chi connectivity index (χ3v) is 4.29. The predicted octanol–water partition coefficient (Wildman–Crippen LogP) is 4.04. The van der Waals surface area contributed by atoms with Crippen molar-refractivity contribution in [1.29, 1.82) is 0 Å². The summed E-state index contributed by atoms with van der Waals surface area (Å²) < 4.78 is 0. The van der Waals surface area contributed by atoms with Crippen molar-refractivity contribution in [3.05, 3.63) is 54.1 Å². The van der Waals surface area contributed by atoms with Crippen LogP contribution in [0.1, 0.15) is 18.9 Å². The van der Waals surface area contributed by atoms with Crippen LogP contribution in [-0.2, 0) is 6.42 Å². The summed E-state index contributed by atoms with van der Waals surface area (Å²) in [6.45, 7) is 2.26. The van der Waals surface area contributed by atoms with Crippen LogP contribution in [0.15, 0.2) is 48.5 Å². The van der Waals surface area contributed by atoms with Gasteiger partial charge in [-0.3, -0.25) is 0 Å². The standard InChI is InChI=1S/C19H26N2O/c1-15(20(2)3)5-6-16-7-9-17(10-8-16)21(4)18-11-13-19(22)14-12-18/h7-15,22H,5-6H2,1-4H3. The average Bonchev–Trinajstić information content (AvgIpc) is 2.53. The molecule has 22 heavy (non-hydrogen) atoms. The van der Waals surface area contributed by atoms with Gasteiger partial charge in [0.05, 0.1) is 0 Å². The van der Waals surface area contributed by atoms with Gasteiger partial charge >= 0.3 is 0 Å². The highest BCUT2D eigenvalue weighted by molar-refractivity contribution is 5.63. The molecule has 3 heteroatoms. The molecule has 0 aliphatic rings. The van der Waals surface area contributed by atoms with Crippen molar-refractivity contribution in [3.8, 4) is 5.75 Å². The third-order valence-electron chi connectivity index (χ3n) is 4.29. The normalized spacial score (nSPS) is 12.4. The van der Waals surface area contributed by atoms with Gasteiger partial charge in [-0.15, -0.1) is 0 Å². The number of anilines is 2. The lowest BCUT2D eigenvalue weighted by molar-refractivity contribution is 0.299. The fourth-order valence-corrected chi connectivity index (χ4v) is 2.35. The van der Waals surface area contributed by atoms with Gasteiger partial charge in [0, 0.05) is 24.5 Å². The topological polar surface area (TPSA) is 26.7 Å². The van der Waals surface area contributed by atoms with Crippen molar-refractivity contribution in [2.45, 2.75) is 25.8 Å². The van der Waals surface area contributed by atoms with E-state index >= 15 is 0 Å². The Bertz CT molecular complexity index is 575. The minimum atomic E-state index is 0.294. The van der Waals surface area contributed by atoms with Gasteiger partial charge in [-0.2, -0.15) is 0 Å². The minimum absolute atomic E-state index is 0.294. The highest BCUT2D eigenvalue weighted by atomic mass is 16.3. The summed E-state index contributed by atoms with van der Waals surface area (Å²) in [5.74, 6) is 0.294. The summed E-state index contributed by atoms with van der Waals surface area (Å²) in [6, 6.07) is 16.6. The van der Waals surface area contributed by atoms with Crippen LogP contribution in [0.4, 0.5) is 11.4 Å². The molecule has 1 unspecified atom stereocenters. The first-order valence-corrected chi connectivity index (χ1v) is 7.75. The zero-order chi connectivity index (χ0) is 16.1. The number of aryl methyl sites for hydroxylation is 1. The lowest BCUT2D eigenvalue weighted by Crippen LogP contribution is -2.24. The molecule has 0 aliphatic carbocycles. The van der Waals surface area contributed by atoms with Crippen LogP contribution >= 0.6 is 0 Å². The molecule has 2 aromatic carbocycles. The average molecular weight is 298 g/mol. The van der Waals surface area contributed by atoms with Gasteiger partial charge < -0.3 is 14.9 Å². The van der Waals surface area contributed by atoms with Gasteiger partial charge in [-0.25, -0.2) is 0 Å². The van der Waals surface area contributed by atoms with Gasteiger partial charge in [-0.1, -0.05) is 12.1 Å². The van der Waals surface area contributed by atoms with Gasteiger partial charge in [0.2, 0.25) is 0 Å². The Morgan fingerprint density at radius 1 is 0.864 bits per heavy atom. The number of phenols is 1. The van der Waals surface area contributed by atoms with E-state index in [4.69, 9.17) is 0 Å². The molecule has 0 saturated heterocycles. The largest absolute Gasteiger partial charge is 0.508 e. The first-order valence-electron chi connectivity index (χ1n) is 7.75. The maximum absolute atomic E-state index is 9.37. The van der Waals surface area contributed by atoms with E-state index in [1.165, 1.54) is 12.0 Å². The highest BCUT2D eigenvalue weighted by Gasteiger charge is 2.06. The Balaban J connectivity index is 2.00. The number of hydrogen-bond acceptors (Lipinski definition) is 3. The Hall–Kier alpha value is -2.00. The number of benzene rings is 2. The molecule has 0 aliphatic heterocycles. The molecule has 0 aromatic heterocycles. The first kappa shape index (κ1) is 16.4.